The van der Waals surface area contributed by atoms with Crippen LogP contribution < -0.4 is 5.32 Å². The molecule has 0 aliphatic rings. The Hall–Kier alpha value is -1.20. The lowest BCUT2D eigenvalue weighted by Crippen LogP contribution is -2.16. The lowest BCUT2D eigenvalue weighted by molar-refractivity contribution is 0.372. The molecule has 0 aliphatic carbocycles. The number of hydrogen-bond donors (Lipinski definition) is 1. The molecule has 2 rings (SSSR count). The van der Waals surface area contributed by atoms with Crippen LogP contribution in [0.3, 0.4) is 0 Å². The number of rotatable bonds is 5. The van der Waals surface area contributed by atoms with E-state index in [1.165, 1.54) is 9.75 Å². The van der Waals surface area contributed by atoms with Crippen LogP contribution in [0.4, 0.5) is 0 Å². The Morgan fingerprint density at radius 3 is 2.68 bits per heavy atom. The van der Waals surface area contributed by atoms with Crippen molar-refractivity contribution in [2.75, 3.05) is 6.54 Å². The van der Waals surface area contributed by atoms with Gasteiger partial charge in [0.05, 0.1) is 0 Å². The molecule has 0 spiro atoms. The van der Waals surface area contributed by atoms with Gasteiger partial charge >= 0.3 is 0 Å². The van der Waals surface area contributed by atoms with Crippen LogP contribution in [0.5, 0.6) is 0 Å². The molecule has 104 valence electrons. The van der Waals surface area contributed by atoms with E-state index in [0.717, 1.165) is 19.5 Å². The van der Waals surface area contributed by atoms with Gasteiger partial charge in [-0.3, -0.25) is 0 Å². The fourth-order valence-electron chi connectivity index (χ4n) is 1.72. The summed E-state index contributed by atoms with van der Waals surface area (Å²) in [5.41, 5.74) is 0.240. The molecular formula is C14H21N3OS. The summed E-state index contributed by atoms with van der Waals surface area (Å²) in [6, 6.07) is 4.43. The van der Waals surface area contributed by atoms with Crippen LogP contribution in [0.15, 0.2) is 16.7 Å². The molecule has 1 N–H and O–H groups in total. The Kier molecular flexibility index (Phi) is 4.37. The average molecular weight is 279 g/mol. The summed E-state index contributed by atoms with van der Waals surface area (Å²) in [7, 11) is 0. The molecule has 2 aromatic rings. The maximum absolute atomic E-state index is 5.07. The molecule has 19 heavy (non-hydrogen) atoms. The monoisotopic (exact) mass is 279 g/mol. The van der Waals surface area contributed by atoms with Crippen molar-refractivity contribution in [3.8, 4) is 0 Å². The molecule has 0 saturated heterocycles. The molecule has 0 aliphatic heterocycles. The summed E-state index contributed by atoms with van der Waals surface area (Å²) in [6.07, 6.45) is 0.776. The standard InChI is InChI=1S/C14H21N3OS/c1-10-16-13(18-17-10)7-8-15-9-11-5-6-12(19-11)14(2,3)4/h5-6,15H,7-9H2,1-4H3. The molecule has 0 amide bonds. The quantitative estimate of drug-likeness (QED) is 0.855. The van der Waals surface area contributed by atoms with Crippen molar-refractivity contribution in [3.05, 3.63) is 33.6 Å². The van der Waals surface area contributed by atoms with Gasteiger partial charge in [-0.25, -0.2) is 0 Å². The van der Waals surface area contributed by atoms with Crippen LogP contribution in [0.1, 0.15) is 42.2 Å². The molecule has 0 fully saturated rings. The molecule has 5 heteroatoms. The van der Waals surface area contributed by atoms with Crippen molar-refractivity contribution in [1.82, 2.24) is 15.5 Å². The summed E-state index contributed by atoms with van der Waals surface area (Å²) in [5, 5.41) is 7.18. The van der Waals surface area contributed by atoms with Gasteiger partial charge in [-0.15, -0.1) is 11.3 Å². The topological polar surface area (TPSA) is 51.0 Å². The average Bonchev–Trinajstić information content (AvgIpc) is 2.93. The SMILES string of the molecule is Cc1noc(CCNCc2ccc(C(C)(C)C)s2)n1. The molecule has 0 bridgehead atoms. The van der Waals surface area contributed by atoms with Crippen molar-refractivity contribution >= 4 is 11.3 Å². The number of aryl methyl sites for hydroxylation is 1. The third-order valence-electron chi connectivity index (χ3n) is 2.79. The van der Waals surface area contributed by atoms with E-state index in [1.807, 2.05) is 18.3 Å². The van der Waals surface area contributed by atoms with Gasteiger partial charge in [-0.05, 0) is 24.5 Å². The highest BCUT2D eigenvalue weighted by Gasteiger charge is 2.15. The zero-order valence-electron chi connectivity index (χ0n) is 12.0. The molecule has 0 radical (unpaired) electrons. The van der Waals surface area contributed by atoms with Gasteiger partial charge in [-0.1, -0.05) is 25.9 Å². The second-order valence-electron chi connectivity index (χ2n) is 5.68. The lowest BCUT2D eigenvalue weighted by atomic mass is 9.95. The maximum Gasteiger partial charge on any atom is 0.227 e. The van der Waals surface area contributed by atoms with Crippen LogP contribution in [-0.2, 0) is 18.4 Å². The molecular weight excluding hydrogens is 258 g/mol. The molecule has 0 unspecified atom stereocenters. The first kappa shape index (κ1) is 14.2. The van der Waals surface area contributed by atoms with Gasteiger partial charge in [-0.2, -0.15) is 4.98 Å². The van der Waals surface area contributed by atoms with Crippen molar-refractivity contribution in [3.63, 3.8) is 0 Å². The van der Waals surface area contributed by atoms with E-state index in [9.17, 15) is 0 Å². The fraction of sp³-hybridized carbons (Fsp3) is 0.571. The highest BCUT2D eigenvalue weighted by molar-refractivity contribution is 7.12. The van der Waals surface area contributed by atoms with Crippen molar-refractivity contribution in [2.45, 2.75) is 46.1 Å². The van der Waals surface area contributed by atoms with Gasteiger partial charge in [0.1, 0.15) is 0 Å². The summed E-state index contributed by atoms with van der Waals surface area (Å²) in [5.74, 6) is 1.40. The minimum Gasteiger partial charge on any atom is -0.339 e. The Labute approximate surface area is 118 Å². The predicted octanol–water partition coefficient (Wildman–Crippen LogP) is 3.07. The summed E-state index contributed by atoms with van der Waals surface area (Å²) < 4.78 is 5.07. The molecule has 0 saturated carbocycles. The highest BCUT2D eigenvalue weighted by Crippen LogP contribution is 2.29. The van der Waals surface area contributed by atoms with Crippen molar-refractivity contribution in [2.24, 2.45) is 0 Å². The van der Waals surface area contributed by atoms with Crippen LogP contribution >= 0.6 is 11.3 Å². The minimum atomic E-state index is 0.240. The zero-order chi connectivity index (χ0) is 13.9. The Morgan fingerprint density at radius 1 is 1.32 bits per heavy atom. The molecule has 2 aromatic heterocycles. The van der Waals surface area contributed by atoms with Crippen LogP contribution in [-0.4, -0.2) is 16.7 Å². The summed E-state index contributed by atoms with van der Waals surface area (Å²) in [6.45, 7) is 10.3. The van der Waals surface area contributed by atoms with E-state index in [1.54, 1.807) is 0 Å². The van der Waals surface area contributed by atoms with Crippen LogP contribution in [0.25, 0.3) is 0 Å². The molecule has 0 aromatic carbocycles. The first-order valence-corrected chi connectivity index (χ1v) is 7.36. The van der Waals surface area contributed by atoms with Crippen molar-refractivity contribution < 1.29 is 4.52 Å². The Morgan fingerprint density at radius 2 is 2.11 bits per heavy atom. The van der Waals surface area contributed by atoms with Crippen LogP contribution in [0, 0.1) is 6.92 Å². The molecule has 2 heterocycles. The number of nitrogens with zero attached hydrogens (tertiary/aromatic N) is 2. The van der Waals surface area contributed by atoms with Gasteiger partial charge in [0.2, 0.25) is 5.89 Å². The lowest BCUT2D eigenvalue weighted by Gasteiger charge is -2.15. The van der Waals surface area contributed by atoms with E-state index in [0.29, 0.717) is 11.7 Å². The highest BCUT2D eigenvalue weighted by atomic mass is 32.1. The fourth-order valence-corrected chi connectivity index (χ4v) is 2.76. The minimum absolute atomic E-state index is 0.240. The maximum atomic E-state index is 5.07. The Bertz CT molecular complexity index is 525. The first-order valence-electron chi connectivity index (χ1n) is 6.54. The number of aromatic nitrogens is 2. The Balaban J connectivity index is 1.75. The van der Waals surface area contributed by atoms with E-state index < -0.39 is 0 Å². The van der Waals surface area contributed by atoms with E-state index in [-0.39, 0.29) is 5.41 Å². The second kappa shape index (κ2) is 5.84. The largest absolute Gasteiger partial charge is 0.339 e. The van der Waals surface area contributed by atoms with E-state index in [2.05, 4.69) is 48.4 Å². The summed E-state index contributed by atoms with van der Waals surface area (Å²) in [4.78, 5) is 6.97. The predicted molar refractivity (Wildman–Crippen MR) is 77.5 cm³/mol. The molecule has 0 atom stereocenters. The zero-order valence-corrected chi connectivity index (χ0v) is 12.8. The number of hydrogen-bond acceptors (Lipinski definition) is 5. The van der Waals surface area contributed by atoms with E-state index in [4.69, 9.17) is 4.52 Å². The smallest absolute Gasteiger partial charge is 0.227 e. The third kappa shape index (κ3) is 4.14. The van der Waals surface area contributed by atoms with Gasteiger partial charge < -0.3 is 9.84 Å². The third-order valence-corrected chi connectivity index (χ3v) is 4.30. The normalized spacial score (nSPS) is 12.0. The second-order valence-corrected chi connectivity index (χ2v) is 6.85. The van der Waals surface area contributed by atoms with Gasteiger partial charge in [0.15, 0.2) is 5.82 Å². The van der Waals surface area contributed by atoms with Crippen molar-refractivity contribution in [1.29, 1.82) is 0 Å². The van der Waals surface area contributed by atoms with Crippen LogP contribution in [0.2, 0.25) is 0 Å². The van der Waals surface area contributed by atoms with Gasteiger partial charge in [0, 0.05) is 29.3 Å². The van der Waals surface area contributed by atoms with Gasteiger partial charge in [0.25, 0.3) is 0 Å². The first-order chi connectivity index (χ1) is 8.95. The number of nitrogens with one attached hydrogen (secondary N) is 1. The number of thiophene rings is 1. The van der Waals surface area contributed by atoms with E-state index >= 15 is 0 Å². The molecule has 4 nitrogen and oxygen atoms in total. The summed E-state index contributed by atoms with van der Waals surface area (Å²) >= 11 is 1.88.